The van der Waals surface area contributed by atoms with Crippen LogP contribution in [0.2, 0.25) is 5.02 Å². The number of hydrogen-bond acceptors (Lipinski definition) is 6. The number of nitrogens with zero attached hydrogens (tertiary/aromatic N) is 5. The second-order valence-corrected chi connectivity index (χ2v) is 10.7. The minimum absolute atomic E-state index is 0.0336. The Kier molecular flexibility index (Phi) is 6.15. The van der Waals surface area contributed by atoms with Crippen molar-refractivity contribution in [2.45, 2.75) is 18.5 Å². The van der Waals surface area contributed by atoms with E-state index in [0.29, 0.717) is 11.1 Å². The summed E-state index contributed by atoms with van der Waals surface area (Å²) in [5.74, 6) is 3.14. The van der Waals surface area contributed by atoms with Crippen molar-refractivity contribution in [2.75, 3.05) is 55.8 Å². The molecule has 0 unspecified atom stereocenters. The Morgan fingerprint density at radius 1 is 1.06 bits per heavy atom. The molecule has 2 atom stereocenters. The van der Waals surface area contributed by atoms with Gasteiger partial charge in [-0.1, -0.05) is 29.8 Å². The molecule has 0 saturated carbocycles. The summed E-state index contributed by atoms with van der Waals surface area (Å²) in [6.07, 6.45) is 0.904. The average molecular weight is 497 g/mol. The Morgan fingerprint density at radius 2 is 1.88 bits per heavy atom. The minimum atomic E-state index is -0.0336. The molecule has 9 heteroatoms. The molecule has 178 valence electrons. The van der Waals surface area contributed by atoms with Crippen LogP contribution in [0.4, 0.5) is 5.95 Å². The first-order valence-corrected chi connectivity index (χ1v) is 13.5. The van der Waals surface area contributed by atoms with Crippen molar-refractivity contribution >= 4 is 46.3 Å². The molecule has 0 aliphatic carbocycles. The first-order valence-electron chi connectivity index (χ1n) is 12.0. The van der Waals surface area contributed by atoms with Gasteiger partial charge in [0.05, 0.1) is 23.0 Å². The van der Waals surface area contributed by atoms with E-state index < -0.39 is 0 Å². The lowest BCUT2D eigenvalue weighted by Gasteiger charge is -2.38. The highest BCUT2D eigenvalue weighted by Gasteiger charge is 2.37. The van der Waals surface area contributed by atoms with Crippen LogP contribution in [0.25, 0.3) is 16.7 Å². The highest BCUT2D eigenvalue weighted by Crippen LogP contribution is 2.30. The van der Waals surface area contributed by atoms with E-state index in [4.69, 9.17) is 16.6 Å². The van der Waals surface area contributed by atoms with Crippen LogP contribution in [-0.4, -0.2) is 88.2 Å². The van der Waals surface area contributed by atoms with Crippen LogP contribution in [0.5, 0.6) is 0 Å². The molecule has 7 nitrogen and oxygen atoms in total. The van der Waals surface area contributed by atoms with Crippen LogP contribution in [-0.2, 0) is 4.79 Å². The van der Waals surface area contributed by atoms with Gasteiger partial charge in [-0.05, 0) is 36.8 Å². The zero-order valence-electron chi connectivity index (χ0n) is 19.1. The molecule has 3 aromatic rings. The summed E-state index contributed by atoms with van der Waals surface area (Å²) < 4.78 is 2.24. The van der Waals surface area contributed by atoms with Crippen LogP contribution in [0.1, 0.15) is 6.42 Å². The molecule has 4 heterocycles. The van der Waals surface area contributed by atoms with E-state index in [9.17, 15) is 4.79 Å². The summed E-state index contributed by atoms with van der Waals surface area (Å²) in [4.78, 5) is 24.7. The molecule has 3 saturated heterocycles. The van der Waals surface area contributed by atoms with Crippen molar-refractivity contribution in [2.24, 2.45) is 0 Å². The SMILES string of the molecule is O=C([C@@H]1C[C@H](N2CCN(c3nc4cc(Cl)ccc4n3-c3ccccc3)CC2)CN1)N1CCSC1. The van der Waals surface area contributed by atoms with Crippen LogP contribution < -0.4 is 10.2 Å². The molecule has 6 rings (SSSR count). The summed E-state index contributed by atoms with van der Waals surface area (Å²) in [7, 11) is 0. The van der Waals surface area contributed by atoms with Gasteiger partial charge in [0.1, 0.15) is 0 Å². The third-order valence-corrected chi connectivity index (χ3v) is 8.40. The molecule has 34 heavy (non-hydrogen) atoms. The Balaban J connectivity index is 1.17. The van der Waals surface area contributed by atoms with E-state index in [0.717, 1.165) is 80.0 Å². The molecule has 3 aliphatic heterocycles. The van der Waals surface area contributed by atoms with Gasteiger partial charge in [0.2, 0.25) is 11.9 Å². The Morgan fingerprint density at radius 3 is 2.65 bits per heavy atom. The predicted molar refractivity (Wildman–Crippen MR) is 139 cm³/mol. The largest absolute Gasteiger partial charge is 0.339 e. The lowest BCUT2D eigenvalue weighted by atomic mass is 10.1. The van der Waals surface area contributed by atoms with Gasteiger partial charge in [0.25, 0.3) is 0 Å². The molecule has 2 aromatic carbocycles. The molecular weight excluding hydrogens is 468 g/mol. The number of imidazole rings is 1. The number of thioether (sulfide) groups is 1. The number of nitrogens with one attached hydrogen (secondary N) is 1. The number of rotatable bonds is 4. The molecule has 0 radical (unpaired) electrons. The van der Waals surface area contributed by atoms with Gasteiger partial charge in [-0.15, -0.1) is 11.8 Å². The number of anilines is 1. The lowest BCUT2D eigenvalue weighted by molar-refractivity contribution is -0.131. The highest BCUT2D eigenvalue weighted by atomic mass is 35.5. The molecule has 3 aliphatic rings. The number of amides is 1. The number of carbonyl (C=O) groups excluding carboxylic acids is 1. The van der Waals surface area contributed by atoms with E-state index in [1.807, 2.05) is 34.9 Å². The van der Waals surface area contributed by atoms with Crippen molar-refractivity contribution in [3.05, 3.63) is 53.6 Å². The second kappa shape index (κ2) is 9.41. The summed E-state index contributed by atoms with van der Waals surface area (Å²) in [6, 6.07) is 16.7. The number of piperazine rings is 1. The fourth-order valence-corrected chi connectivity index (χ4v) is 6.48. The Hall–Kier alpha value is -2.26. The summed E-state index contributed by atoms with van der Waals surface area (Å²) in [6.45, 7) is 5.51. The second-order valence-electron chi connectivity index (χ2n) is 9.23. The van der Waals surface area contributed by atoms with Crippen LogP contribution in [0.15, 0.2) is 48.5 Å². The molecule has 0 bridgehead atoms. The number of benzene rings is 2. The Labute approximate surface area is 209 Å². The summed E-state index contributed by atoms with van der Waals surface area (Å²) in [5, 5.41) is 4.19. The number of para-hydroxylation sites is 1. The van der Waals surface area contributed by atoms with Gasteiger partial charge < -0.3 is 15.1 Å². The van der Waals surface area contributed by atoms with Crippen molar-refractivity contribution in [3.63, 3.8) is 0 Å². The predicted octanol–water partition coefficient (Wildman–Crippen LogP) is 3.06. The molecule has 3 fully saturated rings. The minimum Gasteiger partial charge on any atom is -0.339 e. The van der Waals surface area contributed by atoms with Gasteiger partial charge in [-0.3, -0.25) is 14.3 Å². The third kappa shape index (κ3) is 4.17. The quantitative estimate of drug-likeness (QED) is 0.599. The van der Waals surface area contributed by atoms with E-state index in [-0.39, 0.29) is 11.9 Å². The van der Waals surface area contributed by atoms with Crippen molar-refractivity contribution in [3.8, 4) is 5.69 Å². The maximum atomic E-state index is 12.8. The molecular formula is C25H29ClN6OS. The standard InChI is InChI=1S/C25H29ClN6OS/c26-18-6-7-23-21(14-18)28-25(32(23)19-4-2-1-3-5-19)30-10-8-29(9-11-30)20-15-22(27-16-20)24(33)31-12-13-34-17-31/h1-7,14,20,22,27H,8-13,15-17H2/t20-,22-/m0/s1. The van der Waals surface area contributed by atoms with E-state index >= 15 is 0 Å². The molecule has 1 aromatic heterocycles. The third-order valence-electron chi connectivity index (χ3n) is 7.20. The lowest BCUT2D eigenvalue weighted by Crippen LogP contribution is -2.51. The van der Waals surface area contributed by atoms with Crippen LogP contribution >= 0.6 is 23.4 Å². The molecule has 0 spiro atoms. The fourth-order valence-electron chi connectivity index (χ4n) is 5.36. The van der Waals surface area contributed by atoms with Gasteiger partial charge >= 0.3 is 0 Å². The van der Waals surface area contributed by atoms with Gasteiger partial charge in [0.15, 0.2) is 0 Å². The number of fused-ring (bicyclic) bond motifs is 1. The van der Waals surface area contributed by atoms with E-state index in [2.05, 4.69) is 50.0 Å². The topological polar surface area (TPSA) is 56.6 Å². The van der Waals surface area contributed by atoms with E-state index in [1.54, 1.807) is 0 Å². The normalized spacial score (nSPS) is 23.8. The maximum Gasteiger partial charge on any atom is 0.240 e. The van der Waals surface area contributed by atoms with Crippen molar-refractivity contribution < 1.29 is 4.79 Å². The van der Waals surface area contributed by atoms with Gasteiger partial charge in [0, 0.05) is 61.8 Å². The zero-order valence-corrected chi connectivity index (χ0v) is 20.6. The zero-order chi connectivity index (χ0) is 23.1. The number of halogens is 1. The maximum absolute atomic E-state index is 12.8. The van der Waals surface area contributed by atoms with Crippen LogP contribution in [0.3, 0.4) is 0 Å². The van der Waals surface area contributed by atoms with Crippen molar-refractivity contribution in [1.82, 2.24) is 24.7 Å². The number of aromatic nitrogens is 2. The highest BCUT2D eigenvalue weighted by molar-refractivity contribution is 7.99. The first-order chi connectivity index (χ1) is 16.7. The van der Waals surface area contributed by atoms with Crippen LogP contribution in [0, 0.1) is 0 Å². The van der Waals surface area contributed by atoms with Gasteiger partial charge in [-0.25, -0.2) is 4.98 Å². The fraction of sp³-hybridized carbons (Fsp3) is 0.440. The smallest absolute Gasteiger partial charge is 0.240 e. The monoisotopic (exact) mass is 496 g/mol. The van der Waals surface area contributed by atoms with Gasteiger partial charge in [-0.2, -0.15) is 0 Å². The summed E-state index contributed by atoms with van der Waals surface area (Å²) >= 11 is 8.12. The van der Waals surface area contributed by atoms with Crippen molar-refractivity contribution in [1.29, 1.82) is 0 Å². The van der Waals surface area contributed by atoms with E-state index in [1.165, 1.54) is 0 Å². The molecule has 1 amide bonds. The summed E-state index contributed by atoms with van der Waals surface area (Å²) in [5.41, 5.74) is 3.08. The first kappa shape index (κ1) is 22.2. The number of carbonyl (C=O) groups is 1. The Bertz CT molecular complexity index is 1170. The average Bonchev–Trinajstić information content (AvgIpc) is 3.64. The molecule has 1 N–H and O–H groups in total. The number of hydrogen-bond donors (Lipinski definition) is 1.